The van der Waals surface area contributed by atoms with Crippen LogP contribution >= 0.6 is 11.3 Å². The number of thiophene rings is 1. The van der Waals surface area contributed by atoms with E-state index in [9.17, 15) is 0 Å². The lowest BCUT2D eigenvalue weighted by molar-refractivity contribution is 0.483. The zero-order valence-corrected chi connectivity index (χ0v) is 27.0. The molecule has 9 rings (SSSR count). The maximum atomic E-state index is 6.55. The topological polar surface area (TPSA) is 44.9 Å². The smallest absolute Gasteiger partial charge is 0.137 e. The van der Waals surface area contributed by atoms with Gasteiger partial charge in [0.05, 0.1) is 22.9 Å². The lowest BCUT2D eigenvalue weighted by Crippen LogP contribution is -1.97. The van der Waals surface area contributed by atoms with E-state index in [0.717, 1.165) is 39.5 Å². The third-order valence-corrected chi connectivity index (χ3v) is 10.1. The molecule has 0 aliphatic carbocycles. The van der Waals surface area contributed by atoms with Gasteiger partial charge in [0.15, 0.2) is 0 Å². The molecule has 0 aliphatic rings. The van der Waals surface area contributed by atoms with Crippen molar-refractivity contribution < 1.29 is 4.74 Å². The van der Waals surface area contributed by atoms with Crippen LogP contribution in [0.4, 0.5) is 0 Å². The third-order valence-electron chi connectivity index (χ3n) is 8.98. The predicted octanol–water partition coefficient (Wildman–Crippen LogP) is 11.1. The Labute approximate surface area is 275 Å². The number of benzene rings is 5. The number of hydrogen-bond donors (Lipinski definition) is 0. The molecule has 5 aromatic carbocycles. The van der Waals surface area contributed by atoms with Crippen molar-refractivity contribution in [1.82, 2.24) is 19.3 Å². The molecular formula is C41H30N4OS. The Hall–Kier alpha value is -5.72. The first-order valence-corrected chi connectivity index (χ1v) is 16.5. The highest BCUT2D eigenvalue weighted by atomic mass is 32.1. The van der Waals surface area contributed by atoms with E-state index in [1.165, 1.54) is 53.3 Å². The van der Waals surface area contributed by atoms with Gasteiger partial charge in [-0.05, 0) is 86.0 Å². The molecule has 47 heavy (non-hydrogen) atoms. The van der Waals surface area contributed by atoms with Crippen LogP contribution in [0.2, 0.25) is 0 Å². The molecule has 0 amide bonds. The Kier molecular flexibility index (Phi) is 6.27. The second-order valence-corrected chi connectivity index (χ2v) is 13.3. The molecule has 0 saturated heterocycles. The molecule has 5 nitrogen and oxygen atoms in total. The second kappa shape index (κ2) is 10.7. The van der Waals surface area contributed by atoms with Crippen LogP contribution in [0.3, 0.4) is 0 Å². The molecule has 0 spiro atoms. The van der Waals surface area contributed by atoms with Gasteiger partial charge in [-0.3, -0.25) is 4.57 Å². The summed E-state index contributed by atoms with van der Waals surface area (Å²) in [5.41, 5.74) is 9.28. The van der Waals surface area contributed by atoms with Gasteiger partial charge in [0.2, 0.25) is 0 Å². The molecule has 0 aliphatic heterocycles. The first-order chi connectivity index (χ1) is 23.0. The van der Waals surface area contributed by atoms with E-state index in [4.69, 9.17) is 14.8 Å². The monoisotopic (exact) mass is 626 g/mol. The number of hydrogen-bond acceptors (Lipinski definition) is 4. The second-order valence-electron chi connectivity index (χ2n) is 12.2. The van der Waals surface area contributed by atoms with Crippen molar-refractivity contribution in [3.05, 3.63) is 144 Å². The highest BCUT2D eigenvalue weighted by Crippen LogP contribution is 2.43. The van der Waals surface area contributed by atoms with E-state index in [1.54, 1.807) is 0 Å². The normalized spacial score (nSPS) is 11.7. The molecular weight excluding hydrogens is 597 g/mol. The number of pyridine rings is 1. The van der Waals surface area contributed by atoms with Gasteiger partial charge in [0, 0.05) is 61.0 Å². The zero-order chi connectivity index (χ0) is 31.6. The highest BCUT2D eigenvalue weighted by molar-refractivity contribution is 7.26. The average Bonchev–Trinajstić information content (AvgIpc) is 3.79. The van der Waals surface area contributed by atoms with Crippen LogP contribution in [0, 0.1) is 20.8 Å². The summed E-state index contributed by atoms with van der Waals surface area (Å²) >= 11 is 1.83. The van der Waals surface area contributed by atoms with Crippen LogP contribution in [0.1, 0.15) is 16.7 Å². The SMILES string of the molecule is Cc1cc(C)c(-c2cnn(-c3cccc(Oc4ccc5c6ccc7sc8ccccc8c7c6n(-c6ccccn6)c5c4)c3)c2)c(C)c1. The summed E-state index contributed by atoms with van der Waals surface area (Å²) in [5, 5.41) is 9.60. The largest absolute Gasteiger partial charge is 0.457 e. The summed E-state index contributed by atoms with van der Waals surface area (Å²) in [6.45, 7) is 6.46. The first-order valence-electron chi connectivity index (χ1n) is 15.7. The minimum absolute atomic E-state index is 0.744. The minimum Gasteiger partial charge on any atom is -0.457 e. The predicted molar refractivity (Wildman–Crippen MR) is 195 cm³/mol. The molecule has 0 N–H and O–H groups in total. The lowest BCUT2D eigenvalue weighted by Gasteiger charge is -2.11. The van der Waals surface area contributed by atoms with Gasteiger partial charge in [0.1, 0.15) is 17.3 Å². The Morgan fingerprint density at radius 3 is 2.34 bits per heavy atom. The van der Waals surface area contributed by atoms with E-state index in [-0.39, 0.29) is 0 Å². The molecule has 0 saturated carbocycles. The van der Waals surface area contributed by atoms with Gasteiger partial charge < -0.3 is 4.74 Å². The van der Waals surface area contributed by atoms with Crippen molar-refractivity contribution in [2.45, 2.75) is 20.8 Å². The van der Waals surface area contributed by atoms with Crippen molar-refractivity contribution >= 4 is 53.3 Å². The number of aromatic nitrogens is 4. The molecule has 6 heteroatoms. The number of ether oxygens (including phenoxy) is 1. The summed E-state index contributed by atoms with van der Waals surface area (Å²) in [7, 11) is 0. The van der Waals surface area contributed by atoms with Crippen molar-refractivity contribution in [3.8, 4) is 34.1 Å². The zero-order valence-electron chi connectivity index (χ0n) is 26.2. The van der Waals surface area contributed by atoms with E-state index in [1.807, 2.05) is 58.7 Å². The Morgan fingerprint density at radius 2 is 1.49 bits per heavy atom. The molecule has 4 aromatic heterocycles. The van der Waals surface area contributed by atoms with Crippen molar-refractivity contribution in [1.29, 1.82) is 0 Å². The summed E-state index contributed by atoms with van der Waals surface area (Å²) in [6, 6.07) is 38.1. The third kappa shape index (κ3) is 4.52. The van der Waals surface area contributed by atoms with E-state index in [2.05, 4.69) is 110 Å². The summed E-state index contributed by atoms with van der Waals surface area (Å²) in [5.74, 6) is 2.38. The minimum atomic E-state index is 0.744. The Bertz CT molecular complexity index is 2620. The maximum absolute atomic E-state index is 6.55. The average molecular weight is 627 g/mol. The summed E-state index contributed by atoms with van der Waals surface area (Å²) < 4.78 is 13.3. The first kappa shape index (κ1) is 27.6. The Balaban J connectivity index is 1.15. The van der Waals surface area contributed by atoms with Gasteiger partial charge in [-0.25, -0.2) is 9.67 Å². The Morgan fingerprint density at radius 1 is 0.681 bits per heavy atom. The van der Waals surface area contributed by atoms with Gasteiger partial charge in [0.25, 0.3) is 0 Å². The molecule has 0 atom stereocenters. The molecule has 0 fully saturated rings. The fourth-order valence-electron chi connectivity index (χ4n) is 7.13. The number of rotatable bonds is 5. The van der Waals surface area contributed by atoms with Crippen LogP contribution in [0.25, 0.3) is 64.6 Å². The molecule has 4 heterocycles. The van der Waals surface area contributed by atoms with Gasteiger partial charge >= 0.3 is 0 Å². The fourth-order valence-corrected chi connectivity index (χ4v) is 8.24. The summed E-state index contributed by atoms with van der Waals surface area (Å²) in [6.07, 6.45) is 5.89. The van der Waals surface area contributed by atoms with Gasteiger partial charge in [-0.15, -0.1) is 11.3 Å². The van der Waals surface area contributed by atoms with Crippen LogP contribution in [0.15, 0.2) is 128 Å². The lowest BCUT2D eigenvalue weighted by atomic mass is 9.96. The standard InChI is InChI=1S/C41H30N4OS/c1-25-19-26(2)39(27(3)20-25)28-23-43-44(24-28)29-9-8-10-30(21-29)46-31-14-15-32-33-16-17-37-40(34-11-4-5-12-36(34)47-37)41(33)45(35(32)22-31)38-13-6-7-18-42-38/h4-24H,1-3H3. The van der Waals surface area contributed by atoms with E-state index >= 15 is 0 Å². The molecule has 226 valence electrons. The van der Waals surface area contributed by atoms with Gasteiger partial charge in [-0.2, -0.15) is 5.10 Å². The number of nitrogens with zero attached hydrogens (tertiary/aromatic N) is 4. The van der Waals surface area contributed by atoms with Gasteiger partial charge in [-0.1, -0.05) is 54.1 Å². The van der Waals surface area contributed by atoms with Crippen molar-refractivity contribution in [2.75, 3.05) is 0 Å². The van der Waals surface area contributed by atoms with Crippen LogP contribution in [0.5, 0.6) is 11.5 Å². The molecule has 0 radical (unpaired) electrons. The van der Waals surface area contributed by atoms with Crippen LogP contribution in [-0.4, -0.2) is 19.3 Å². The summed E-state index contributed by atoms with van der Waals surface area (Å²) in [4.78, 5) is 4.81. The van der Waals surface area contributed by atoms with Crippen molar-refractivity contribution in [3.63, 3.8) is 0 Å². The molecule has 0 unspecified atom stereocenters. The quantitative estimate of drug-likeness (QED) is 0.191. The van der Waals surface area contributed by atoms with E-state index in [0.29, 0.717) is 0 Å². The van der Waals surface area contributed by atoms with Crippen molar-refractivity contribution in [2.24, 2.45) is 0 Å². The van der Waals surface area contributed by atoms with E-state index < -0.39 is 0 Å². The number of aryl methyl sites for hydroxylation is 3. The fraction of sp³-hybridized carbons (Fsp3) is 0.0732. The molecule has 0 bridgehead atoms. The van der Waals surface area contributed by atoms with Crippen LogP contribution in [-0.2, 0) is 0 Å². The molecule has 9 aromatic rings. The highest BCUT2D eigenvalue weighted by Gasteiger charge is 2.19. The maximum Gasteiger partial charge on any atom is 0.137 e. The van der Waals surface area contributed by atoms with Crippen LogP contribution < -0.4 is 4.74 Å². The number of fused-ring (bicyclic) bond motifs is 7.